The summed E-state index contributed by atoms with van der Waals surface area (Å²) in [5.41, 5.74) is 1.58. The highest BCUT2D eigenvalue weighted by molar-refractivity contribution is 9.10. The number of halogens is 1. The zero-order valence-corrected chi connectivity index (χ0v) is 14.0. The van der Waals surface area contributed by atoms with Crippen LogP contribution in [0, 0.1) is 6.92 Å². The summed E-state index contributed by atoms with van der Waals surface area (Å²) >= 11 is 3.36. The summed E-state index contributed by atoms with van der Waals surface area (Å²) in [6, 6.07) is 9.95. The number of ether oxygens (including phenoxy) is 2. The molecule has 0 fully saturated rings. The molecule has 0 aromatic heterocycles. The highest BCUT2D eigenvalue weighted by Gasteiger charge is 2.16. The third-order valence-electron chi connectivity index (χ3n) is 3.14. The van der Waals surface area contributed by atoms with Gasteiger partial charge in [0.15, 0.2) is 11.5 Å². The normalized spacial score (nSPS) is 13.7. The van der Waals surface area contributed by atoms with E-state index in [1.165, 1.54) is 18.3 Å². The number of nitrogens with zero attached hydrogens (tertiary/aromatic N) is 1. The molecule has 2 aromatic carbocycles. The van der Waals surface area contributed by atoms with E-state index < -0.39 is 10.0 Å². The Morgan fingerprint density at radius 2 is 1.77 bits per heavy atom. The molecule has 0 aliphatic carbocycles. The predicted molar refractivity (Wildman–Crippen MR) is 86.2 cm³/mol. The van der Waals surface area contributed by atoms with Crippen molar-refractivity contribution in [3.63, 3.8) is 0 Å². The standard InChI is InChI=1S/C15H12BrNO4S/c1-10-2-4-12(5-3-10)22(18,19)17-8-11-6-14-15(7-13(11)16)21-9-20-14/h2-8H,9H2,1H3/b17-8+. The highest BCUT2D eigenvalue weighted by atomic mass is 79.9. The van der Waals surface area contributed by atoms with Crippen LogP contribution in [0.15, 0.2) is 50.2 Å². The van der Waals surface area contributed by atoms with Crippen molar-refractivity contribution in [2.75, 3.05) is 6.79 Å². The Hall–Kier alpha value is -1.86. The average molecular weight is 382 g/mol. The SMILES string of the molecule is Cc1ccc(S(=O)(=O)/N=C/c2cc3c(cc2Br)OCO3)cc1. The number of sulfonamides is 1. The second-order valence-corrected chi connectivity index (χ2v) is 7.24. The molecule has 7 heteroatoms. The first-order valence-electron chi connectivity index (χ1n) is 6.42. The van der Waals surface area contributed by atoms with Crippen molar-refractivity contribution in [2.45, 2.75) is 11.8 Å². The number of benzene rings is 2. The second kappa shape index (κ2) is 5.73. The van der Waals surface area contributed by atoms with E-state index in [1.54, 1.807) is 24.3 Å². The monoisotopic (exact) mass is 381 g/mol. The Morgan fingerprint density at radius 1 is 1.14 bits per heavy atom. The molecule has 0 radical (unpaired) electrons. The number of fused-ring (bicyclic) bond motifs is 1. The maximum absolute atomic E-state index is 12.2. The Kier molecular flexibility index (Phi) is 3.92. The quantitative estimate of drug-likeness (QED) is 0.765. The Labute approximate surface area is 136 Å². The van der Waals surface area contributed by atoms with Crippen LogP contribution in [0.25, 0.3) is 0 Å². The first-order chi connectivity index (χ1) is 10.5. The fourth-order valence-corrected chi connectivity index (χ4v) is 3.21. The van der Waals surface area contributed by atoms with E-state index in [9.17, 15) is 8.42 Å². The number of aryl methyl sites for hydroxylation is 1. The van der Waals surface area contributed by atoms with Crippen molar-refractivity contribution in [1.82, 2.24) is 0 Å². The van der Waals surface area contributed by atoms with Gasteiger partial charge in [-0.05, 0) is 47.1 Å². The fourth-order valence-electron chi connectivity index (χ4n) is 1.93. The van der Waals surface area contributed by atoms with Crippen LogP contribution in [0.4, 0.5) is 0 Å². The first kappa shape index (κ1) is 15.1. The zero-order valence-electron chi connectivity index (χ0n) is 11.6. The van der Waals surface area contributed by atoms with E-state index in [1.807, 2.05) is 6.92 Å². The van der Waals surface area contributed by atoms with Crippen LogP contribution >= 0.6 is 15.9 Å². The molecule has 2 aromatic rings. The molecular formula is C15H12BrNO4S. The van der Waals surface area contributed by atoms with Gasteiger partial charge in [-0.2, -0.15) is 12.8 Å². The summed E-state index contributed by atoms with van der Waals surface area (Å²) in [4.78, 5) is 0.159. The molecule has 5 nitrogen and oxygen atoms in total. The summed E-state index contributed by atoms with van der Waals surface area (Å²) in [6.07, 6.45) is 1.29. The van der Waals surface area contributed by atoms with E-state index in [0.29, 0.717) is 21.5 Å². The van der Waals surface area contributed by atoms with E-state index in [4.69, 9.17) is 9.47 Å². The van der Waals surface area contributed by atoms with Crippen molar-refractivity contribution in [2.24, 2.45) is 4.40 Å². The van der Waals surface area contributed by atoms with Gasteiger partial charge in [-0.1, -0.05) is 17.7 Å². The molecule has 0 unspecified atom stereocenters. The largest absolute Gasteiger partial charge is 0.454 e. The van der Waals surface area contributed by atoms with E-state index >= 15 is 0 Å². The van der Waals surface area contributed by atoms with Crippen LogP contribution < -0.4 is 9.47 Å². The molecule has 0 amide bonds. The van der Waals surface area contributed by atoms with Crippen LogP contribution in [-0.4, -0.2) is 21.4 Å². The number of rotatable bonds is 3. The van der Waals surface area contributed by atoms with Crippen LogP contribution in [0.5, 0.6) is 11.5 Å². The van der Waals surface area contributed by atoms with E-state index in [-0.39, 0.29) is 11.7 Å². The molecule has 22 heavy (non-hydrogen) atoms. The summed E-state index contributed by atoms with van der Waals surface area (Å²) in [6.45, 7) is 2.05. The van der Waals surface area contributed by atoms with Crippen molar-refractivity contribution in [1.29, 1.82) is 0 Å². The lowest BCUT2D eigenvalue weighted by Gasteiger charge is -2.02. The van der Waals surface area contributed by atoms with Crippen molar-refractivity contribution < 1.29 is 17.9 Å². The lowest BCUT2D eigenvalue weighted by molar-refractivity contribution is 0.174. The van der Waals surface area contributed by atoms with Gasteiger partial charge >= 0.3 is 0 Å². The maximum atomic E-state index is 12.2. The van der Waals surface area contributed by atoms with Gasteiger partial charge in [0.05, 0.1) is 4.90 Å². The minimum atomic E-state index is -3.73. The molecule has 0 bridgehead atoms. The third-order valence-corrected chi connectivity index (χ3v) is 5.08. The first-order valence-corrected chi connectivity index (χ1v) is 8.65. The van der Waals surface area contributed by atoms with Crippen molar-refractivity contribution >= 4 is 32.2 Å². The maximum Gasteiger partial charge on any atom is 0.282 e. The smallest absolute Gasteiger partial charge is 0.282 e. The summed E-state index contributed by atoms with van der Waals surface area (Å²) < 4.78 is 39.3. The lowest BCUT2D eigenvalue weighted by Crippen LogP contribution is -1.98. The number of hydrogen-bond donors (Lipinski definition) is 0. The summed E-state index contributed by atoms with van der Waals surface area (Å²) in [7, 11) is -3.73. The summed E-state index contributed by atoms with van der Waals surface area (Å²) in [5.74, 6) is 1.18. The molecule has 1 aliphatic heterocycles. The zero-order chi connectivity index (χ0) is 15.7. The molecular weight excluding hydrogens is 370 g/mol. The van der Waals surface area contributed by atoms with Gasteiger partial charge in [0.1, 0.15) is 0 Å². The lowest BCUT2D eigenvalue weighted by atomic mass is 10.2. The molecule has 1 heterocycles. The number of hydrogen-bond acceptors (Lipinski definition) is 4. The van der Waals surface area contributed by atoms with Gasteiger partial charge in [0, 0.05) is 16.3 Å². The van der Waals surface area contributed by atoms with Crippen LogP contribution in [0.3, 0.4) is 0 Å². The van der Waals surface area contributed by atoms with E-state index in [0.717, 1.165) is 5.56 Å². The molecule has 0 atom stereocenters. The third kappa shape index (κ3) is 3.00. The van der Waals surface area contributed by atoms with Crippen LogP contribution in [0.1, 0.15) is 11.1 Å². The molecule has 3 rings (SSSR count). The van der Waals surface area contributed by atoms with Gasteiger partial charge in [0.2, 0.25) is 6.79 Å². The fraction of sp³-hybridized carbons (Fsp3) is 0.133. The van der Waals surface area contributed by atoms with Gasteiger partial charge in [-0.3, -0.25) is 0 Å². The van der Waals surface area contributed by atoms with Gasteiger partial charge in [0.25, 0.3) is 10.0 Å². The van der Waals surface area contributed by atoms with Gasteiger partial charge in [-0.15, -0.1) is 0 Å². The molecule has 1 aliphatic rings. The molecule has 114 valence electrons. The average Bonchev–Trinajstić information content (AvgIpc) is 2.92. The summed E-state index contributed by atoms with van der Waals surface area (Å²) in [5, 5.41) is 0. The minimum Gasteiger partial charge on any atom is -0.454 e. The second-order valence-electron chi connectivity index (χ2n) is 4.75. The minimum absolute atomic E-state index is 0.157. The molecule has 0 saturated carbocycles. The molecule has 0 spiro atoms. The van der Waals surface area contributed by atoms with E-state index in [2.05, 4.69) is 20.3 Å². The highest BCUT2D eigenvalue weighted by Crippen LogP contribution is 2.36. The molecule has 0 saturated heterocycles. The van der Waals surface area contributed by atoms with Gasteiger partial charge < -0.3 is 9.47 Å². The topological polar surface area (TPSA) is 65.0 Å². The Balaban J connectivity index is 1.92. The van der Waals surface area contributed by atoms with Crippen molar-refractivity contribution in [3.05, 3.63) is 52.0 Å². The van der Waals surface area contributed by atoms with Crippen molar-refractivity contribution in [3.8, 4) is 11.5 Å². The van der Waals surface area contributed by atoms with Crippen LogP contribution in [0.2, 0.25) is 0 Å². The Bertz CT molecular complexity index is 845. The predicted octanol–water partition coefficient (Wildman–Crippen LogP) is 3.29. The van der Waals surface area contributed by atoms with Crippen LogP contribution in [-0.2, 0) is 10.0 Å². The molecule has 0 N–H and O–H groups in total. The Morgan fingerprint density at radius 3 is 2.45 bits per heavy atom. The van der Waals surface area contributed by atoms with Gasteiger partial charge in [-0.25, -0.2) is 0 Å².